The first-order valence-electron chi connectivity index (χ1n) is 17.4. The predicted octanol–water partition coefficient (Wildman–Crippen LogP) is 2.61. The molecule has 9 unspecified atom stereocenters. The summed E-state index contributed by atoms with van der Waals surface area (Å²) in [7, 11) is 0. The fourth-order valence-corrected chi connectivity index (χ4v) is 7.59. The maximum absolute atomic E-state index is 13.9. The molecule has 15 nitrogen and oxygen atoms in total. The van der Waals surface area contributed by atoms with E-state index in [0.717, 1.165) is 6.92 Å². The van der Waals surface area contributed by atoms with E-state index in [-0.39, 0.29) is 61.9 Å². The Hall–Kier alpha value is -4.80. The van der Waals surface area contributed by atoms with Gasteiger partial charge in [-0.2, -0.15) is 0 Å². The molecule has 292 valence electrons. The Morgan fingerprint density at radius 2 is 1.52 bits per heavy atom. The number of phenols is 1. The van der Waals surface area contributed by atoms with Crippen LogP contribution in [0.2, 0.25) is 0 Å². The zero-order chi connectivity index (χ0) is 40.4. The average Bonchev–Trinajstić information content (AvgIpc) is 3.09. The number of aromatic hydroxyl groups is 1. The molecule has 15 heteroatoms. The van der Waals surface area contributed by atoms with Gasteiger partial charge in [-0.3, -0.25) is 19.2 Å². The van der Waals surface area contributed by atoms with Gasteiger partial charge in [0.1, 0.15) is 40.5 Å². The lowest BCUT2D eigenvalue weighted by Crippen LogP contribution is -2.60. The maximum Gasteiger partial charge on any atom is 0.314 e. The molecule has 0 aromatic heterocycles. The summed E-state index contributed by atoms with van der Waals surface area (Å²) in [5.41, 5.74) is -4.31. The van der Waals surface area contributed by atoms with E-state index in [9.17, 15) is 49.8 Å². The minimum absolute atomic E-state index is 0.0103. The van der Waals surface area contributed by atoms with E-state index in [4.69, 9.17) is 18.9 Å². The van der Waals surface area contributed by atoms with Crippen LogP contribution in [0.3, 0.4) is 0 Å². The van der Waals surface area contributed by atoms with Crippen LogP contribution in [0.4, 0.5) is 5.69 Å². The number of allylic oxidation sites excluding steroid dienone is 5. The summed E-state index contributed by atoms with van der Waals surface area (Å²) >= 11 is 0. The molecular formula is C39H47NO14. The SMILES string of the molecule is CC(=O)Oc1c(C)c2c(O)c3c1C1=C(OCOC1=C(C)C3=O)/C(C)=C/C(C)(O)C(O)C(C)C(O)C1C(=O)OC(C(C)C1O)C(C)(O)/C=C\C=C(C)C(=O)N2. The highest BCUT2D eigenvalue weighted by atomic mass is 16.7. The third-order valence-electron chi connectivity index (χ3n) is 10.7. The van der Waals surface area contributed by atoms with Crippen molar-refractivity contribution in [3.05, 3.63) is 69.2 Å². The number of phenolic OH excluding ortho intramolecular Hbond substituents is 1. The summed E-state index contributed by atoms with van der Waals surface area (Å²) < 4.78 is 22.9. The van der Waals surface area contributed by atoms with Gasteiger partial charge in [0, 0.05) is 41.0 Å². The van der Waals surface area contributed by atoms with Gasteiger partial charge in [-0.1, -0.05) is 26.0 Å². The highest BCUT2D eigenvalue weighted by Crippen LogP contribution is 2.53. The topological polar surface area (TPSA) is 239 Å². The fourth-order valence-electron chi connectivity index (χ4n) is 7.59. The Morgan fingerprint density at radius 1 is 0.907 bits per heavy atom. The van der Waals surface area contributed by atoms with Gasteiger partial charge in [0.2, 0.25) is 6.79 Å². The molecular weight excluding hydrogens is 706 g/mol. The van der Waals surface area contributed by atoms with Crippen LogP contribution in [-0.2, 0) is 28.6 Å². The number of carbonyl (C=O) groups is 4. The van der Waals surface area contributed by atoms with Crippen LogP contribution in [0.5, 0.6) is 11.5 Å². The number of carbonyl (C=O) groups excluding carboxylic acids is 4. The second-order valence-electron chi connectivity index (χ2n) is 14.9. The van der Waals surface area contributed by atoms with Gasteiger partial charge in [0.05, 0.1) is 35.1 Å². The second kappa shape index (κ2) is 14.5. The number of amides is 1. The molecule has 6 heterocycles. The first-order chi connectivity index (χ1) is 25.0. The van der Waals surface area contributed by atoms with Crippen molar-refractivity contribution in [2.75, 3.05) is 12.1 Å². The molecule has 1 saturated heterocycles. The number of benzene rings is 1. The van der Waals surface area contributed by atoms with E-state index in [1.807, 2.05) is 0 Å². The number of nitrogens with one attached hydrogen (secondary N) is 1. The number of aliphatic hydroxyl groups excluding tert-OH is 3. The van der Waals surface area contributed by atoms with Gasteiger partial charge in [0.15, 0.2) is 11.5 Å². The van der Waals surface area contributed by atoms with E-state index in [2.05, 4.69) is 5.32 Å². The third-order valence-corrected chi connectivity index (χ3v) is 10.7. The molecule has 7 aliphatic rings. The maximum atomic E-state index is 13.9. The second-order valence-corrected chi connectivity index (χ2v) is 14.9. The molecule has 0 saturated carbocycles. The van der Waals surface area contributed by atoms with Crippen molar-refractivity contribution in [3.8, 4) is 11.5 Å². The lowest BCUT2D eigenvalue weighted by atomic mass is 9.73. The van der Waals surface area contributed by atoms with Crippen molar-refractivity contribution in [1.82, 2.24) is 0 Å². The van der Waals surface area contributed by atoms with Crippen LogP contribution in [0.1, 0.15) is 76.9 Å². The number of anilines is 1. The molecule has 8 rings (SSSR count). The van der Waals surface area contributed by atoms with Crippen LogP contribution >= 0.6 is 0 Å². The van der Waals surface area contributed by atoms with E-state index in [1.165, 1.54) is 79.7 Å². The van der Waals surface area contributed by atoms with Crippen LogP contribution < -0.4 is 10.1 Å². The number of esters is 2. The molecule has 0 radical (unpaired) electrons. The highest BCUT2D eigenvalue weighted by molar-refractivity contribution is 6.21. The number of hydrogen-bond acceptors (Lipinski definition) is 14. The van der Waals surface area contributed by atoms with Crippen molar-refractivity contribution in [2.45, 2.75) is 97.9 Å². The van der Waals surface area contributed by atoms with E-state index < -0.39 is 89.5 Å². The van der Waals surface area contributed by atoms with Crippen molar-refractivity contribution in [2.24, 2.45) is 17.8 Å². The molecule has 7 N–H and O–H groups in total. The molecule has 1 fully saturated rings. The Balaban J connectivity index is 1.80. The van der Waals surface area contributed by atoms with Crippen molar-refractivity contribution in [1.29, 1.82) is 0 Å². The summed E-state index contributed by atoms with van der Waals surface area (Å²) in [5.74, 6) is -7.85. The summed E-state index contributed by atoms with van der Waals surface area (Å²) in [6.45, 7) is 12.1. The first kappa shape index (κ1) is 40.4. The predicted molar refractivity (Wildman–Crippen MR) is 191 cm³/mol. The van der Waals surface area contributed by atoms with Gasteiger partial charge < -0.3 is 54.9 Å². The van der Waals surface area contributed by atoms with Gasteiger partial charge in [0.25, 0.3) is 5.91 Å². The Bertz CT molecular complexity index is 1960. The Labute approximate surface area is 311 Å². The van der Waals surface area contributed by atoms with Gasteiger partial charge >= 0.3 is 11.9 Å². The summed E-state index contributed by atoms with van der Waals surface area (Å²) in [6, 6.07) is 0. The molecule has 9 atom stereocenters. The summed E-state index contributed by atoms with van der Waals surface area (Å²) in [4.78, 5) is 53.3. The molecule has 6 aliphatic heterocycles. The lowest BCUT2D eigenvalue weighted by Gasteiger charge is -2.45. The lowest BCUT2D eigenvalue weighted by molar-refractivity contribution is -0.211. The normalized spacial score (nSPS) is 34.9. The molecule has 6 bridgehead atoms. The number of rotatable bonds is 1. The summed E-state index contributed by atoms with van der Waals surface area (Å²) in [5, 5.41) is 71.6. The van der Waals surface area contributed by atoms with Crippen LogP contribution in [0, 0.1) is 24.7 Å². The van der Waals surface area contributed by atoms with E-state index >= 15 is 0 Å². The smallest absolute Gasteiger partial charge is 0.314 e. The molecule has 1 aromatic rings. The van der Waals surface area contributed by atoms with Crippen LogP contribution in [0.15, 0.2) is 52.5 Å². The monoisotopic (exact) mass is 753 g/mol. The van der Waals surface area contributed by atoms with Crippen molar-refractivity contribution in [3.63, 3.8) is 0 Å². The molecule has 1 aliphatic carbocycles. The van der Waals surface area contributed by atoms with Crippen molar-refractivity contribution >= 4 is 34.9 Å². The van der Waals surface area contributed by atoms with Crippen molar-refractivity contribution < 1.29 is 68.8 Å². The Kier molecular flexibility index (Phi) is 10.8. The molecule has 1 amide bonds. The minimum Gasteiger partial charge on any atom is -0.505 e. The highest BCUT2D eigenvalue weighted by Gasteiger charge is 2.53. The minimum atomic E-state index is -2.15. The number of ketones is 1. The molecule has 1 aromatic carbocycles. The Morgan fingerprint density at radius 3 is 2.15 bits per heavy atom. The first-order valence-corrected chi connectivity index (χ1v) is 17.4. The van der Waals surface area contributed by atoms with Crippen LogP contribution in [0.25, 0.3) is 5.57 Å². The molecule has 54 heavy (non-hydrogen) atoms. The number of Topliss-reactive ketones (excluding diaryl/α,β-unsaturated/α-hetero) is 1. The number of hydrogen-bond donors (Lipinski definition) is 7. The van der Waals surface area contributed by atoms with E-state index in [0.29, 0.717) is 0 Å². The zero-order valence-electron chi connectivity index (χ0n) is 31.5. The quantitative estimate of drug-likeness (QED) is 0.124. The standard InChI is InChI=1S/C39H47NO14/c1-15-11-10-12-38(8,49)35-20(6)29(44)25(37(48)54-35)28(43)19(5)34(46)39(9,50)13-16(2)31-24-22-23(27(42)18(4)32(24)52-14-51-31)30(45)26(40-36(15)47)17(3)33(22)53-21(7)41/h10-13,19-20,25,28-29,34-35,43-46,49-50H,14H2,1-9H3,(H,40,47)/b12-10-,15-11?,16-13+. The largest absolute Gasteiger partial charge is 0.505 e. The van der Waals surface area contributed by atoms with Gasteiger partial charge in [-0.05, 0) is 59.3 Å². The number of ether oxygens (including phenoxy) is 4. The summed E-state index contributed by atoms with van der Waals surface area (Å²) in [6.07, 6.45) is -1.21. The van der Waals surface area contributed by atoms with Crippen LogP contribution in [-0.4, -0.2) is 96.7 Å². The molecule has 0 spiro atoms. The third kappa shape index (κ3) is 6.86. The van der Waals surface area contributed by atoms with E-state index in [1.54, 1.807) is 0 Å². The average molecular weight is 754 g/mol. The fraction of sp³-hybridized carbons (Fsp3) is 0.487. The zero-order valence-corrected chi connectivity index (χ0v) is 31.5. The van der Waals surface area contributed by atoms with Gasteiger partial charge in [-0.15, -0.1) is 0 Å². The van der Waals surface area contributed by atoms with Gasteiger partial charge in [-0.25, -0.2) is 0 Å². The number of aliphatic hydroxyl groups is 5.